The van der Waals surface area contributed by atoms with Gasteiger partial charge in [0.1, 0.15) is 0 Å². The summed E-state index contributed by atoms with van der Waals surface area (Å²) < 4.78 is 3.75. The van der Waals surface area contributed by atoms with Gasteiger partial charge in [-0.05, 0) is 24.4 Å². The quantitative estimate of drug-likeness (QED) is 0.275. The molecular weight excluding hydrogens is 200 g/mol. The second-order valence-electron chi connectivity index (χ2n) is 3.11. The second kappa shape index (κ2) is 4.34. The van der Waals surface area contributed by atoms with E-state index in [-0.39, 0.29) is 0 Å². The summed E-state index contributed by atoms with van der Waals surface area (Å²) in [5, 5.41) is 6.91. The zero-order chi connectivity index (χ0) is 9.80. The zero-order valence-corrected chi connectivity index (χ0v) is 8.42. The number of hydrogen-bond donors (Lipinski definition) is 3. The van der Waals surface area contributed by atoms with Crippen LogP contribution in [0.5, 0.6) is 0 Å². The highest BCUT2D eigenvalue weighted by molar-refractivity contribution is 7.05. The predicted molar refractivity (Wildman–Crippen MR) is 54.5 cm³/mol. The van der Waals surface area contributed by atoms with Crippen molar-refractivity contribution in [2.45, 2.75) is 25.4 Å². The minimum Gasteiger partial charge on any atom is -0.353 e. The Labute approximate surface area is 85.7 Å². The van der Waals surface area contributed by atoms with E-state index in [2.05, 4.69) is 25.3 Å². The Morgan fingerprint density at radius 2 is 2.57 bits per heavy atom. The van der Waals surface area contributed by atoms with Gasteiger partial charge in [0.05, 0.1) is 17.6 Å². The summed E-state index contributed by atoms with van der Waals surface area (Å²) in [5.41, 5.74) is 2.54. The molecule has 0 bridgehead atoms. The van der Waals surface area contributed by atoms with Crippen molar-refractivity contribution in [1.29, 1.82) is 0 Å². The molecule has 1 fully saturated rings. The van der Waals surface area contributed by atoms with E-state index in [0.717, 1.165) is 4.88 Å². The molecule has 0 unspecified atom stereocenters. The number of hydrogen-bond acceptors (Lipinski definition) is 5. The van der Waals surface area contributed by atoms with Crippen LogP contribution in [0, 0.1) is 0 Å². The molecule has 0 atom stereocenters. The van der Waals surface area contributed by atoms with Gasteiger partial charge in [0, 0.05) is 6.04 Å². The largest absolute Gasteiger partial charge is 0.353 e. The molecule has 6 nitrogen and oxygen atoms in total. The molecule has 0 aliphatic heterocycles. The molecule has 2 rings (SSSR count). The Kier molecular flexibility index (Phi) is 2.90. The van der Waals surface area contributed by atoms with E-state index in [1.165, 1.54) is 24.4 Å². The topological polar surface area (TPSA) is 88.2 Å². The van der Waals surface area contributed by atoms with E-state index in [9.17, 15) is 0 Å². The van der Waals surface area contributed by atoms with Crippen molar-refractivity contribution < 1.29 is 0 Å². The number of nitrogens with zero attached hydrogens (tertiary/aromatic N) is 3. The first-order chi connectivity index (χ1) is 6.88. The van der Waals surface area contributed by atoms with Crippen molar-refractivity contribution in [3.8, 4) is 0 Å². The van der Waals surface area contributed by atoms with Crippen molar-refractivity contribution in [2.75, 3.05) is 0 Å². The molecule has 1 saturated carbocycles. The van der Waals surface area contributed by atoms with Crippen molar-refractivity contribution >= 4 is 17.5 Å². The van der Waals surface area contributed by atoms with Gasteiger partial charge in [0.25, 0.3) is 0 Å². The van der Waals surface area contributed by atoms with E-state index in [1.807, 2.05) is 0 Å². The lowest BCUT2D eigenvalue weighted by Gasteiger charge is -2.06. The average molecular weight is 212 g/mol. The number of hydrazine groups is 1. The number of nitrogens with one attached hydrogen (secondary N) is 2. The van der Waals surface area contributed by atoms with E-state index in [0.29, 0.717) is 18.5 Å². The molecule has 0 amide bonds. The number of rotatable bonds is 3. The van der Waals surface area contributed by atoms with Gasteiger partial charge in [-0.1, -0.05) is 4.49 Å². The van der Waals surface area contributed by atoms with Crippen LogP contribution in [0.4, 0.5) is 0 Å². The molecule has 4 N–H and O–H groups in total. The van der Waals surface area contributed by atoms with Gasteiger partial charge in [-0.3, -0.25) is 5.43 Å². The highest BCUT2D eigenvalue weighted by Gasteiger charge is 2.21. The van der Waals surface area contributed by atoms with Crippen LogP contribution in [0.1, 0.15) is 17.7 Å². The standard InChI is InChI=1S/C7H12N6S/c8-12-7(11-5-1-2-5)9-3-6-4-10-13-14-6/h4-5H,1-3,8H2,(H2,9,11,12). The first-order valence-corrected chi connectivity index (χ1v) is 5.19. The number of aromatic nitrogens is 2. The Morgan fingerprint density at radius 1 is 1.71 bits per heavy atom. The lowest BCUT2D eigenvalue weighted by Crippen LogP contribution is -2.42. The number of guanidine groups is 1. The highest BCUT2D eigenvalue weighted by atomic mass is 32.1. The molecule has 0 spiro atoms. The fourth-order valence-electron chi connectivity index (χ4n) is 0.968. The van der Waals surface area contributed by atoms with Crippen molar-refractivity contribution in [3.63, 3.8) is 0 Å². The average Bonchev–Trinajstić information content (AvgIpc) is 2.86. The molecule has 76 valence electrons. The Bertz CT molecular complexity index is 304. The van der Waals surface area contributed by atoms with Crippen LogP contribution >= 0.6 is 11.5 Å². The summed E-state index contributed by atoms with van der Waals surface area (Å²) in [6.45, 7) is 0.566. The third-order valence-electron chi connectivity index (χ3n) is 1.85. The monoisotopic (exact) mass is 212 g/mol. The van der Waals surface area contributed by atoms with Gasteiger partial charge in [-0.15, -0.1) is 5.10 Å². The SMILES string of the molecule is NNC(=NCc1cnns1)NC1CC1. The fraction of sp³-hybridized carbons (Fsp3) is 0.571. The van der Waals surface area contributed by atoms with Crippen molar-refractivity contribution in [2.24, 2.45) is 10.8 Å². The minimum absolute atomic E-state index is 0.546. The van der Waals surface area contributed by atoms with Crippen LogP contribution in [-0.4, -0.2) is 21.6 Å². The van der Waals surface area contributed by atoms with Crippen molar-refractivity contribution in [1.82, 2.24) is 20.3 Å². The predicted octanol–water partition coefficient (Wildman–Crippen LogP) is -0.391. The van der Waals surface area contributed by atoms with Crippen LogP contribution in [0.2, 0.25) is 0 Å². The van der Waals surface area contributed by atoms with Gasteiger partial charge in [0.2, 0.25) is 5.96 Å². The maximum Gasteiger partial charge on any atom is 0.206 e. The zero-order valence-electron chi connectivity index (χ0n) is 7.60. The molecule has 1 heterocycles. The molecule has 1 aromatic rings. The summed E-state index contributed by atoms with van der Waals surface area (Å²) >= 11 is 1.35. The molecule has 1 aliphatic rings. The number of nitrogens with two attached hydrogens (primary N) is 1. The lowest BCUT2D eigenvalue weighted by molar-refractivity contribution is 0.822. The Morgan fingerprint density at radius 3 is 3.14 bits per heavy atom. The van der Waals surface area contributed by atoms with Gasteiger partial charge in [-0.2, -0.15) is 0 Å². The summed E-state index contributed by atoms with van der Waals surface area (Å²) in [6, 6.07) is 0.546. The maximum absolute atomic E-state index is 5.32. The molecule has 1 aromatic heterocycles. The van der Waals surface area contributed by atoms with Gasteiger partial charge >= 0.3 is 0 Å². The molecule has 7 heteroatoms. The third kappa shape index (κ3) is 2.64. The van der Waals surface area contributed by atoms with Crippen LogP contribution in [0.25, 0.3) is 0 Å². The molecule has 0 saturated heterocycles. The van der Waals surface area contributed by atoms with E-state index in [4.69, 9.17) is 5.84 Å². The van der Waals surface area contributed by atoms with E-state index in [1.54, 1.807) is 6.20 Å². The first kappa shape index (κ1) is 9.35. The second-order valence-corrected chi connectivity index (χ2v) is 3.98. The summed E-state index contributed by atoms with van der Waals surface area (Å²) in [5.74, 6) is 5.96. The smallest absolute Gasteiger partial charge is 0.206 e. The van der Waals surface area contributed by atoms with Gasteiger partial charge < -0.3 is 5.32 Å². The molecule has 0 radical (unpaired) electrons. The van der Waals surface area contributed by atoms with E-state index < -0.39 is 0 Å². The lowest BCUT2D eigenvalue weighted by atomic mass is 10.5. The van der Waals surface area contributed by atoms with E-state index >= 15 is 0 Å². The normalized spacial score (nSPS) is 16.8. The first-order valence-electron chi connectivity index (χ1n) is 4.42. The maximum atomic E-state index is 5.32. The highest BCUT2D eigenvalue weighted by Crippen LogP contribution is 2.18. The van der Waals surface area contributed by atoms with Crippen LogP contribution < -0.4 is 16.6 Å². The fourth-order valence-corrected chi connectivity index (χ4v) is 1.38. The third-order valence-corrected chi connectivity index (χ3v) is 2.50. The molecule has 14 heavy (non-hydrogen) atoms. The molecule has 1 aliphatic carbocycles. The summed E-state index contributed by atoms with van der Waals surface area (Å²) in [4.78, 5) is 5.29. The minimum atomic E-state index is 0.546. The van der Waals surface area contributed by atoms with Crippen LogP contribution in [0.15, 0.2) is 11.2 Å². The molecular formula is C7H12N6S. The number of aliphatic imine (C=N–C) groups is 1. The Hall–Kier alpha value is -1.21. The van der Waals surface area contributed by atoms with Gasteiger partial charge in [-0.25, -0.2) is 10.8 Å². The van der Waals surface area contributed by atoms with Crippen LogP contribution in [0.3, 0.4) is 0 Å². The summed E-state index contributed by atoms with van der Waals surface area (Å²) in [6.07, 6.45) is 4.10. The summed E-state index contributed by atoms with van der Waals surface area (Å²) in [7, 11) is 0. The van der Waals surface area contributed by atoms with Gasteiger partial charge in [0.15, 0.2) is 0 Å². The molecule has 0 aromatic carbocycles. The van der Waals surface area contributed by atoms with Crippen molar-refractivity contribution in [3.05, 3.63) is 11.1 Å². The van der Waals surface area contributed by atoms with Crippen LogP contribution in [-0.2, 0) is 6.54 Å². The Balaban J connectivity index is 1.86.